The molecule has 0 radical (unpaired) electrons. The molecule has 18 heavy (non-hydrogen) atoms. The van der Waals surface area contributed by atoms with Gasteiger partial charge in [-0.15, -0.1) is 0 Å². The summed E-state index contributed by atoms with van der Waals surface area (Å²) in [6.45, 7) is 2.80. The van der Waals surface area contributed by atoms with Crippen LogP contribution in [0, 0.1) is 5.92 Å². The lowest BCUT2D eigenvalue weighted by molar-refractivity contribution is 0.261. The molecule has 1 fully saturated rings. The van der Waals surface area contributed by atoms with E-state index in [0.29, 0.717) is 0 Å². The van der Waals surface area contributed by atoms with Crippen molar-refractivity contribution in [2.45, 2.75) is 19.3 Å². The third-order valence-electron chi connectivity index (χ3n) is 3.48. The minimum atomic E-state index is 0.738. The Kier molecular flexibility index (Phi) is 4.88. The zero-order chi connectivity index (χ0) is 12.8. The highest BCUT2D eigenvalue weighted by Gasteiger charge is 2.16. The topological polar surface area (TPSA) is 24.5 Å². The van der Waals surface area contributed by atoms with Gasteiger partial charge in [0.25, 0.3) is 0 Å². The quantitative estimate of drug-likeness (QED) is 0.803. The average molecular weight is 248 g/mol. The number of hydrogen-bond donors (Lipinski definition) is 1. The fourth-order valence-corrected chi connectivity index (χ4v) is 1.97. The maximum absolute atomic E-state index is 5.66. The number of rotatable bonds is 7. The first kappa shape index (κ1) is 13.2. The second kappa shape index (κ2) is 6.64. The SMILES string of the molecule is CN(C)CCOc1ccc(NCC2CCC2)cc1. The number of anilines is 1. The summed E-state index contributed by atoms with van der Waals surface area (Å²) in [6.07, 6.45) is 4.18. The van der Waals surface area contributed by atoms with Crippen LogP contribution in [0.3, 0.4) is 0 Å². The number of hydrogen-bond acceptors (Lipinski definition) is 3. The summed E-state index contributed by atoms with van der Waals surface area (Å²) in [5.41, 5.74) is 1.20. The molecule has 1 aromatic rings. The van der Waals surface area contributed by atoms with E-state index in [9.17, 15) is 0 Å². The van der Waals surface area contributed by atoms with Crippen molar-refractivity contribution in [1.82, 2.24) is 4.90 Å². The number of likely N-dealkylation sites (N-methyl/N-ethyl adjacent to an activating group) is 1. The molecule has 0 aromatic heterocycles. The van der Waals surface area contributed by atoms with E-state index in [1.165, 1.54) is 24.9 Å². The van der Waals surface area contributed by atoms with Gasteiger partial charge < -0.3 is 15.0 Å². The first-order valence-electron chi connectivity index (χ1n) is 6.85. The molecule has 0 unspecified atom stereocenters. The van der Waals surface area contributed by atoms with E-state index in [0.717, 1.165) is 31.4 Å². The van der Waals surface area contributed by atoms with E-state index in [1.54, 1.807) is 0 Å². The lowest BCUT2D eigenvalue weighted by atomic mass is 9.85. The molecule has 0 bridgehead atoms. The molecule has 1 aliphatic carbocycles. The first-order valence-corrected chi connectivity index (χ1v) is 6.85. The minimum absolute atomic E-state index is 0.738. The molecule has 0 aliphatic heterocycles. The summed E-state index contributed by atoms with van der Waals surface area (Å²) in [6, 6.07) is 8.28. The van der Waals surface area contributed by atoms with Gasteiger partial charge in [-0.3, -0.25) is 0 Å². The molecule has 1 aliphatic rings. The van der Waals surface area contributed by atoms with Crippen LogP contribution in [0.15, 0.2) is 24.3 Å². The van der Waals surface area contributed by atoms with Gasteiger partial charge in [0.1, 0.15) is 12.4 Å². The van der Waals surface area contributed by atoms with E-state index >= 15 is 0 Å². The molecule has 2 rings (SSSR count). The molecular formula is C15H24N2O. The summed E-state index contributed by atoms with van der Waals surface area (Å²) < 4.78 is 5.66. The van der Waals surface area contributed by atoms with E-state index < -0.39 is 0 Å². The highest BCUT2D eigenvalue weighted by atomic mass is 16.5. The Morgan fingerprint density at radius 2 is 1.94 bits per heavy atom. The van der Waals surface area contributed by atoms with Gasteiger partial charge in [-0.05, 0) is 57.1 Å². The van der Waals surface area contributed by atoms with Crippen molar-refractivity contribution in [2.75, 3.05) is 39.1 Å². The van der Waals surface area contributed by atoms with Crippen molar-refractivity contribution < 1.29 is 4.74 Å². The molecule has 1 aromatic carbocycles. The van der Waals surface area contributed by atoms with Crippen LogP contribution in [-0.2, 0) is 0 Å². The van der Waals surface area contributed by atoms with Crippen molar-refractivity contribution in [3.05, 3.63) is 24.3 Å². The zero-order valence-electron chi connectivity index (χ0n) is 11.5. The van der Waals surface area contributed by atoms with Gasteiger partial charge in [-0.2, -0.15) is 0 Å². The summed E-state index contributed by atoms with van der Waals surface area (Å²) in [5, 5.41) is 3.48. The van der Waals surface area contributed by atoms with Crippen LogP contribution in [0.5, 0.6) is 5.75 Å². The Morgan fingerprint density at radius 1 is 1.22 bits per heavy atom. The Bertz CT molecular complexity index is 344. The maximum atomic E-state index is 5.66. The highest BCUT2D eigenvalue weighted by molar-refractivity contribution is 5.46. The normalized spacial score (nSPS) is 15.5. The van der Waals surface area contributed by atoms with Crippen molar-refractivity contribution in [2.24, 2.45) is 5.92 Å². The van der Waals surface area contributed by atoms with Gasteiger partial charge >= 0.3 is 0 Å². The number of ether oxygens (including phenoxy) is 1. The van der Waals surface area contributed by atoms with Crippen LogP contribution in [0.4, 0.5) is 5.69 Å². The molecule has 100 valence electrons. The predicted molar refractivity (Wildman–Crippen MR) is 76.3 cm³/mol. The fraction of sp³-hybridized carbons (Fsp3) is 0.600. The second-order valence-corrected chi connectivity index (χ2v) is 5.35. The van der Waals surface area contributed by atoms with Gasteiger partial charge in [0.2, 0.25) is 0 Å². The van der Waals surface area contributed by atoms with Gasteiger partial charge in [-0.25, -0.2) is 0 Å². The number of benzene rings is 1. The molecule has 0 saturated heterocycles. The summed E-state index contributed by atoms with van der Waals surface area (Å²) >= 11 is 0. The van der Waals surface area contributed by atoms with Crippen LogP contribution in [-0.4, -0.2) is 38.7 Å². The molecule has 0 atom stereocenters. The monoisotopic (exact) mass is 248 g/mol. The molecule has 1 N–H and O–H groups in total. The van der Waals surface area contributed by atoms with Crippen LogP contribution in [0.1, 0.15) is 19.3 Å². The van der Waals surface area contributed by atoms with Gasteiger partial charge in [0.15, 0.2) is 0 Å². The molecule has 0 heterocycles. The molecule has 3 nitrogen and oxygen atoms in total. The highest BCUT2D eigenvalue weighted by Crippen LogP contribution is 2.26. The number of nitrogens with one attached hydrogen (secondary N) is 1. The van der Waals surface area contributed by atoms with E-state index in [-0.39, 0.29) is 0 Å². The molecule has 3 heteroatoms. The Hall–Kier alpha value is -1.22. The van der Waals surface area contributed by atoms with Crippen molar-refractivity contribution >= 4 is 5.69 Å². The lowest BCUT2D eigenvalue weighted by Gasteiger charge is -2.25. The molecule has 0 spiro atoms. The summed E-state index contributed by atoms with van der Waals surface area (Å²) in [5.74, 6) is 1.84. The van der Waals surface area contributed by atoms with Crippen LogP contribution in [0.2, 0.25) is 0 Å². The predicted octanol–water partition coefficient (Wildman–Crippen LogP) is 2.84. The van der Waals surface area contributed by atoms with Crippen molar-refractivity contribution in [3.8, 4) is 5.75 Å². The van der Waals surface area contributed by atoms with E-state index in [1.807, 2.05) is 12.1 Å². The smallest absolute Gasteiger partial charge is 0.119 e. The van der Waals surface area contributed by atoms with Gasteiger partial charge in [0, 0.05) is 18.8 Å². The van der Waals surface area contributed by atoms with Crippen LogP contribution >= 0.6 is 0 Å². The largest absolute Gasteiger partial charge is 0.492 e. The first-order chi connectivity index (χ1) is 8.74. The van der Waals surface area contributed by atoms with Gasteiger partial charge in [-0.1, -0.05) is 6.42 Å². The third-order valence-corrected chi connectivity index (χ3v) is 3.48. The van der Waals surface area contributed by atoms with Crippen molar-refractivity contribution in [1.29, 1.82) is 0 Å². The van der Waals surface area contributed by atoms with E-state index in [4.69, 9.17) is 4.74 Å². The summed E-state index contributed by atoms with van der Waals surface area (Å²) in [7, 11) is 4.10. The van der Waals surface area contributed by atoms with Crippen LogP contribution < -0.4 is 10.1 Å². The maximum Gasteiger partial charge on any atom is 0.119 e. The molecule has 1 saturated carbocycles. The molecular weight excluding hydrogens is 224 g/mol. The Balaban J connectivity index is 1.70. The fourth-order valence-electron chi connectivity index (χ4n) is 1.97. The van der Waals surface area contributed by atoms with Crippen molar-refractivity contribution in [3.63, 3.8) is 0 Å². The molecule has 0 amide bonds. The Morgan fingerprint density at radius 3 is 2.50 bits per heavy atom. The zero-order valence-corrected chi connectivity index (χ0v) is 11.5. The summed E-state index contributed by atoms with van der Waals surface area (Å²) in [4.78, 5) is 2.12. The standard InChI is InChI=1S/C15H24N2O/c1-17(2)10-11-18-15-8-6-14(7-9-15)16-12-13-4-3-5-13/h6-9,13,16H,3-5,10-12H2,1-2H3. The third kappa shape index (κ3) is 4.22. The Labute approximate surface area is 110 Å². The minimum Gasteiger partial charge on any atom is -0.492 e. The van der Waals surface area contributed by atoms with Gasteiger partial charge in [0.05, 0.1) is 0 Å². The van der Waals surface area contributed by atoms with E-state index in [2.05, 4.69) is 36.4 Å². The van der Waals surface area contributed by atoms with Crippen LogP contribution in [0.25, 0.3) is 0 Å². The second-order valence-electron chi connectivity index (χ2n) is 5.35. The number of nitrogens with zero attached hydrogens (tertiary/aromatic N) is 1. The lowest BCUT2D eigenvalue weighted by Crippen LogP contribution is -2.20. The average Bonchev–Trinajstić information content (AvgIpc) is 2.28.